The van der Waals surface area contributed by atoms with Crippen LogP contribution < -0.4 is 9.64 Å². The summed E-state index contributed by atoms with van der Waals surface area (Å²) in [6.45, 7) is 4.21. The lowest BCUT2D eigenvalue weighted by Crippen LogP contribution is -2.44. The minimum absolute atomic E-state index is 0.118. The molecule has 4 aromatic rings. The lowest BCUT2D eigenvalue weighted by molar-refractivity contribution is -0.125. The summed E-state index contributed by atoms with van der Waals surface area (Å²) in [5, 5.41) is 2.97. The quantitative estimate of drug-likeness (QED) is 0.316. The van der Waals surface area contributed by atoms with Crippen molar-refractivity contribution in [2.24, 2.45) is 0 Å². The molecule has 0 saturated carbocycles. The fourth-order valence-corrected chi connectivity index (χ4v) is 4.83. The summed E-state index contributed by atoms with van der Waals surface area (Å²) in [5.41, 5.74) is 4.92. The van der Waals surface area contributed by atoms with Crippen LogP contribution in [-0.2, 0) is 16.1 Å². The first kappa shape index (κ1) is 22.8. The number of esters is 1. The number of ether oxygens (including phenoxy) is 2. The zero-order valence-corrected chi connectivity index (χ0v) is 20.2. The molecule has 0 fully saturated rings. The van der Waals surface area contributed by atoms with Crippen LogP contribution in [0.3, 0.4) is 0 Å². The third-order valence-electron chi connectivity index (χ3n) is 5.79. The second-order valence-electron chi connectivity index (χ2n) is 8.19. The van der Waals surface area contributed by atoms with Crippen LogP contribution >= 0.6 is 11.3 Å². The molecule has 0 aliphatic carbocycles. The van der Waals surface area contributed by atoms with Gasteiger partial charge >= 0.3 is 5.97 Å². The molecule has 1 atom stereocenters. The molecular formula is C28H24N2O4S. The van der Waals surface area contributed by atoms with Crippen molar-refractivity contribution in [3.05, 3.63) is 89.3 Å². The molecule has 176 valence electrons. The van der Waals surface area contributed by atoms with Crippen molar-refractivity contribution >= 4 is 28.9 Å². The highest BCUT2D eigenvalue weighted by Gasteiger charge is 2.32. The van der Waals surface area contributed by atoms with Gasteiger partial charge in [0.05, 0.1) is 30.1 Å². The van der Waals surface area contributed by atoms with Gasteiger partial charge in [0.25, 0.3) is 5.91 Å². The van der Waals surface area contributed by atoms with Crippen LogP contribution in [-0.4, -0.2) is 29.6 Å². The zero-order valence-electron chi connectivity index (χ0n) is 19.4. The number of nitrogens with zero attached hydrogens (tertiary/aromatic N) is 2. The van der Waals surface area contributed by atoms with Crippen LogP contribution in [0.4, 0.5) is 5.69 Å². The Balaban J connectivity index is 1.44. The largest absolute Gasteiger partial charge is 0.479 e. The summed E-state index contributed by atoms with van der Waals surface area (Å²) >= 11 is 1.59. The Kier molecular flexibility index (Phi) is 6.33. The molecule has 0 bridgehead atoms. The molecule has 35 heavy (non-hydrogen) atoms. The Labute approximate surface area is 207 Å². The monoisotopic (exact) mass is 484 g/mol. The van der Waals surface area contributed by atoms with Gasteiger partial charge in [-0.1, -0.05) is 42.5 Å². The van der Waals surface area contributed by atoms with Crippen LogP contribution in [0.5, 0.6) is 5.75 Å². The smallest absolute Gasteiger partial charge is 0.338 e. The molecule has 6 nitrogen and oxygen atoms in total. The first-order chi connectivity index (χ1) is 17.0. The van der Waals surface area contributed by atoms with Gasteiger partial charge in [-0.15, -0.1) is 11.3 Å². The molecule has 3 aromatic carbocycles. The van der Waals surface area contributed by atoms with Crippen LogP contribution in [0, 0.1) is 0 Å². The predicted molar refractivity (Wildman–Crippen MR) is 137 cm³/mol. The molecule has 1 amide bonds. The van der Waals surface area contributed by atoms with Crippen LogP contribution in [0.15, 0.2) is 78.2 Å². The minimum Gasteiger partial charge on any atom is -0.479 e. The number of thiazole rings is 1. The van der Waals surface area contributed by atoms with Gasteiger partial charge < -0.3 is 14.4 Å². The first-order valence-electron chi connectivity index (χ1n) is 11.4. The number of rotatable bonds is 6. The first-order valence-corrected chi connectivity index (χ1v) is 12.3. The van der Waals surface area contributed by atoms with Gasteiger partial charge in [-0.25, -0.2) is 9.78 Å². The number of benzene rings is 3. The molecule has 2 heterocycles. The van der Waals surface area contributed by atoms with Crippen molar-refractivity contribution in [1.82, 2.24) is 4.98 Å². The Morgan fingerprint density at radius 3 is 2.57 bits per heavy atom. The molecule has 5 rings (SSSR count). The molecule has 1 aliphatic rings. The lowest BCUT2D eigenvalue weighted by Gasteiger charge is -2.33. The topological polar surface area (TPSA) is 68.7 Å². The molecule has 0 saturated heterocycles. The fraction of sp³-hybridized carbons (Fsp3) is 0.179. The number of anilines is 1. The maximum Gasteiger partial charge on any atom is 0.338 e. The highest BCUT2D eigenvalue weighted by molar-refractivity contribution is 7.13. The summed E-state index contributed by atoms with van der Waals surface area (Å²) in [5.74, 6) is 0.179. The predicted octanol–water partition coefficient (Wildman–Crippen LogP) is 5.97. The molecule has 0 N–H and O–H groups in total. The second-order valence-corrected chi connectivity index (χ2v) is 9.05. The van der Waals surface area contributed by atoms with E-state index < -0.39 is 6.10 Å². The minimum atomic E-state index is -0.587. The van der Waals surface area contributed by atoms with E-state index in [9.17, 15) is 9.59 Å². The summed E-state index contributed by atoms with van der Waals surface area (Å²) in [7, 11) is 0. The van der Waals surface area contributed by atoms with E-state index in [0.29, 0.717) is 30.2 Å². The molecule has 1 aromatic heterocycles. The van der Waals surface area contributed by atoms with Crippen LogP contribution in [0.25, 0.3) is 21.8 Å². The third kappa shape index (κ3) is 4.68. The highest BCUT2D eigenvalue weighted by atomic mass is 32.1. The Morgan fingerprint density at radius 1 is 1.06 bits per heavy atom. The molecule has 1 unspecified atom stereocenters. The zero-order chi connectivity index (χ0) is 24.4. The normalized spacial score (nSPS) is 14.9. The fourth-order valence-electron chi connectivity index (χ4n) is 3.99. The standard InChI is InChI=1S/C28H24N2O4S/c1-3-33-28(32)21-11-9-19(10-12-21)16-30-24-15-22(13-14-25(24)34-18(2)27(30)31)23-17-35-26(29-23)20-7-5-4-6-8-20/h4-15,17-18H,3,16H2,1-2H3. The maximum absolute atomic E-state index is 13.1. The van der Waals surface area contributed by atoms with E-state index in [1.807, 2.05) is 66.0 Å². The number of carbonyl (C=O) groups excluding carboxylic acids is 2. The van der Waals surface area contributed by atoms with E-state index in [0.717, 1.165) is 27.4 Å². The highest BCUT2D eigenvalue weighted by Crippen LogP contribution is 2.39. The van der Waals surface area contributed by atoms with Gasteiger partial charge in [-0.2, -0.15) is 0 Å². The van der Waals surface area contributed by atoms with Crippen LogP contribution in [0.1, 0.15) is 29.8 Å². The van der Waals surface area contributed by atoms with Gasteiger partial charge in [-0.3, -0.25) is 4.79 Å². The Morgan fingerprint density at radius 2 is 1.83 bits per heavy atom. The van der Waals surface area contributed by atoms with Crippen molar-refractivity contribution in [3.8, 4) is 27.6 Å². The van der Waals surface area contributed by atoms with Crippen molar-refractivity contribution in [2.45, 2.75) is 26.5 Å². The summed E-state index contributed by atoms with van der Waals surface area (Å²) in [6, 6.07) is 23.0. The molecule has 7 heteroatoms. The van der Waals surface area contributed by atoms with E-state index >= 15 is 0 Å². The maximum atomic E-state index is 13.1. The molecule has 0 radical (unpaired) electrons. The number of aromatic nitrogens is 1. The van der Waals surface area contributed by atoms with Crippen molar-refractivity contribution in [3.63, 3.8) is 0 Å². The third-order valence-corrected chi connectivity index (χ3v) is 6.69. The van der Waals surface area contributed by atoms with Crippen LogP contribution in [0.2, 0.25) is 0 Å². The van der Waals surface area contributed by atoms with E-state index in [-0.39, 0.29) is 11.9 Å². The number of fused-ring (bicyclic) bond motifs is 1. The van der Waals surface area contributed by atoms with Gasteiger partial charge in [0, 0.05) is 16.5 Å². The lowest BCUT2D eigenvalue weighted by atomic mass is 10.1. The van der Waals surface area contributed by atoms with E-state index in [4.69, 9.17) is 14.5 Å². The molecule has 0 spiro atoms. The SMILES string of the molecule is CCOC(=O)c1ccc(CN2C(=O)C(C)Oc3ccc(-c4csc(-c5ccccc5)n4)cc32)cc1. The van der Waals surface area contributed by atoms with E-state index in [1.54, 1.807) is 42.2 Å². The van der Waals surface area contributed by atoms with E-state index in [2.05, 4.69) is 0 Å². The van der Waals surface area contributed by atoms with Crippen molar-refractivity contribution < 1.29 is 19.1 Å². The summed E-state index contributed by atoms with van der Waals surface area (Å²) < 4.78 is 10.9. The number of hydrogen-bond acceptors (Lipinski definition) is 6. The van der Waals surface area contributed by atoms with Crippen molar-refractivity contribution in [2.75, 3.05) is 11.5 Å². The molecular weight excluding hydrogens is 460 g/mol. The average Bonchev–Trinajstić information content (AvgIpc) is 3.38. The van der Waals surface area contributed by atoms with Gasteiger partial charge in [0.15, 0.2) is 6.10 Å². The summed E-state index contributed by atoms with van der Waals surface area (Å²) in [4.78, 5) is 31.6. The summed E-state index contributed by atoms with van der Waals surface area (Å²) in [6.07, 6.45) is -0.587. The van der Waals surface area contributed by atoms with Crippen molar-refractivity contribution in [1.29, 1.82) is 0 Å². The Bertz CT molecular complexity index is 1370. The number of carbonyl (C=O) groups is 2. The average molecular weight is 485 g/mol. The Hall–Kier alpha value is -3.97. The second kappa shape index (κ2) is 9.72. The number of hydrogen-bond donors (Lipinski definition) is 0. The van der Waals surface area contributed by atoms with Gasteiger partial charge in [0.2, 0.25) is 0 Å². The van der Waals surface area contributed by atoms with Gasteiger partial charge in [-0.05, 0) is 49.7 Å². The molecule has 1 aliphatic heterocycles. The number of amides is 1. The van der Waals surface area contributed by atoms with E-state index in [1.165, 1.54) is 0 Å². The van der Waals surface area contributed by atoms with Gasteiger partial charge in [0.1, 0.15) is 10.8 Å².